The van der Waals surface area contributed by atoms with E-state index in [4.69, 9.17) is 15.9 Å². The molecule has 190 valence electrons. The molecule has 1 atom stereocenters. The fourth-order valence-electron chi connectivity index (χ4n) is 4.73. The van der Waals surface area contributed by atoms with E-state index in [1.54, 1.807) is 13.2 Å². The van der Waals surface area contributed by atoms with Crippen LogP contribution in [0.4, 0.5) is 0 Å². The lowest BCUT2D eigenvalue weighted by Crippen LogP contribution is -2.32. The van der Waals surface area contributed by atoms with E-state index in [-0.39, 0.29) is 17.8 Å². The number of rotatable bonds is 8. The van der Waals surface area contributed by atoms with Crippen LogP contribution < -0.4 is 20.4 Å². The number of carbonyl (C=O) groups is 1. The lowest BCUT2D eigenvalue weighted by atomic mass is 9.99. The van der Waals surface area contributed by atoms with Crippen molar-refractivity contribution >= 4 is 22.6 Å². The molecule has 0 radical (unpaired) electrons. The van der Waals surface area contributed by atoms with Crippen molar-refractivity contribution in [3.8, 4) is 5.75 Å². The van der Waals surface area contributed by atoms with Crippen molar-refractivity contribution in [3.05, 3.63) is 131 Å². The minimum Gasteiger partial charge on any atom is -0.496 e. The molecule has 7 nitrogen and oxygen atoms in total. The van der Waals surface area contributed by atoms with Crippen molar-refractivity contribution in [3.63, 3.8) is 0 Å². The number of carbonyl (C=O) groups excluding carboxylic acids is 1. The predicted molar refractivity (Wildman–Crippen MR) is 148 cm³/mol. The Kier molecular flexibility index (Phi) is 6.91. The second-order valence-corrected chi connectivity index (χ2v) is 9.24. The molecular weight excluding hydrogens is 474 g/mol. The van der Waals surface area contributed by atoms with Crippen LogP contribution in [0.1, 0.15) is 38.8 Å². The van der Waals surface area contributed by atoms with Gasteiger partial charge in [0.05, 0.1) is 18.7 Å². The molecule has 0 saturated heterocycles. The van der Waals surface area contributed by atoms with Crippen LogP contribution >= 0.6 is 0 Å². The van der Waals surface area contributed by atoms with Crippen LogP contribution in [0.25, 0.3) is 10.9 Å². The Morgan fingerprint density at radius 2 is 1.68 bits per heavy atom. The maximum absolute atomic E-state index is 14.0. The second-order valence-electron chi connectivity index (χ2n) is 9.24. The van der Waals surface area contributed by atoms with Gasteiger partial charge in [0, 0.05) is 29.6 Å². The van der Waals surface area contributed by atoms with Crippen molar-refractivity contribution in [1.29, 1.82) is 5.41 Å². The van der Waals surface area contributed by atoms with E-state index in [0.717, 1.165) is 27.6 Å². The van der Waals surface area contributed by atoms with Crippen molar-refractivity contribution < 1.29 is 14.1 Å². The summed E-state index contributed by atoms with van der Waals surface area (Å²) in [5, 5.41) is 11.9. The van der Waals surface area contributed by atoms with Gasteiger partial charge in [0.2, 0.25) is 0 Å². The van der Waals surface area contributed by atoms with Crippen LogP contribution in [-0.4, -0.2) is 23.4 Å². The molecule has 0 aliphatic heterocycles. The van der Waals surface area contributed by atoms with Crippen molar-refractivity contribution in [2.75, 3.05) is 7.11 Å². The van der Waals surface area contributed by atoms with E-state index in [1.807, 2.05) is 114 Å². The first-order valence-electron chi connectivity index (χ1n) is 12.3. The summed E-state index contributed by atoms with van der Waals surface area (Å²) >= 11 is 0. The molecule has 0 fully saturated rings. The number of hydrogen-bond acceptors (Lipinski definition) is 3. The Morgan fingerprint density at radius 1 is 0.974 bits per heavy atom. The van der Waals surface area contributed by atoms with E-state index in [2.05, 4.69) is 5.32 Å². The van der Waals surface area contributed by atoms with Gasteiger partial charge in [-0.25, -0.2) is 4.57 Å². The Labute approximate surface area is 221 Å². The summed E-state index contributed by atoms with van der Waals surface area (Å²) in [6.07, 6.45) is 3.95. The largest absolute Gasteiger partial charge is 0.496 e. The van der Waals surface area contributed by atoms with Gasteiger partial charge in [-0.1, -0.05) is 54.6 Å². The van der Waals surface area contributed by atoms with E-state index >= 15 is 0 Å². The molecule has 3 aromatic carbocycles. The van der Waals surface area contributed by atoms with Gasteiger partial charge in [-0.3, -0.25) is 10.2 Å². The maximum Gasteiger partial charge on any atom is 0.268 e. The molecular formula is C31H30N5O2+. The van der Waals surface area contributed by atoms with Gasteiger partial charge in [-0.05, 0) is 41.0 Å². The third kappa shape index (κ3) is 4.99. The highest BCUT2D eigenvalue weighted by molar-refractivity contribution is 6.01. The number of benzene rings is 3. The molecule has 0 aliphatic carbocycles. The van der Waals surface area contributed by atoms with Gasteiger partial charge in [0.25, 0.3) is 5.91 Å². The lowest BCUT2D eigenvalue weighted by Gasteiger charge is -2.20. The number of pyridine rings is 1. The molecule has 2 aromatic heterocycles. The zero-order chi connectivity index (χ0) is 26.6. The van der Waals surface area contributed by atoms with Gasteiger partial charge >= 0.3 is 0 Å². The molecule has 0 bridgehead atoms. The van der Waals surface area contributed by atoms with Crippen molar-refractivity contribution in [2.24, 2.45) is 12.8 Å². The van der Waals surface area contributed by atoms with Crippen LogP contribution in [0.3, 0.4) is 0 Å². The van der Waals surface area contributed by atoms with Crippen molar-refractivity contribution in [1.82, 2.24) is 9.88 Å². The standard InChI is InChI=1S/C31H29N5O2/c1-35-16-14-23(15-17-35)29(22-9-4-3-5-10-22)34-31(37)27-19-25-26(12-7-13-28(25)38-2)36(27)20-21-8-6-11-24(18-21)30(32)33/h3-19,29H,20H2,1-2H3,(H3-,32,33,34,37)/p+1. The SMILES string of the molecule is COc1cccc2c1cc(C(=O)NC(c1ccccc1)c1cc[n+](C)cc1)n2Cc1cccc(C(=N)N)c1. The number of aryl methyl sites for hydroxylation is 1. The number of nitrogens with zero attached hydrogens (tertiary/aromatic N) is 2. The highest BCUT2D eigenvalue weighted by Crippen LogP contribution is 2.30. The average Bonchev–Trinajstić information content (AvgIpc) is 3.31. The Balaban J connectivity index is 1.59. The first-order chi connectivity index (χ1) is 18.4. The molecule has 7 heteroatoms. The number of hydrogen-bond donors (Lipinski definition) is 3. The van der Waals surface area contributed by atoms with Gasteiger partial charge in [-0.15, -0.1) is 0 Å². The Morgan fingerprint density at radius 3 is 2.39 bits per heavy atom. The molecule has 5 aromatic rings. The summed E-state index contributed by atoms with van der Waals surface area (Å²) in [4.78, 5) is 14.0. The minimum atomic E-state index is -0.334. The first kappa shape index (κ1) is 24.8. The summed E-state index contributed by atoms with van der Waals surface area (Å²) in [6, 6.07) is 28.9. The molecule has 0 saturated carbocycles. The fourth-order valence-corrected chi connectivity index (χ4v) is 4.73. The van der Waals surface area contributed by atoms with Crippen molar-refractivity contribution in [2.45, 2.75) is 12.6 Å². The van der Waals surface area contributed by atoms with E-state index < -0.39 is 0 Å². The monoisotopic (exact) mass is 504 g/mol. The Hall–Kier alpha value is -4.91. The van der Waals surface area contributed by atoms with Crippen LogP contribution in [-0.2, 0) is 13.6 Å². The van der Waals surface area contributed by atoms with E-state index in [1.165, 1.54) is 0 Å². The quantitative estimate of drug-likeness (QED) is 0.167. The zero-order valence-electron chi connectivity index (χ0n) is 21.4. The van der Waals surface area contributed by atoms with Crippen LogP contribution in [0, 0.1) is 5.41 Å². The van der Waals surface area contributed by atoms with Crippen LogP contribution in [0.5, 0.6) is 5.75 Å². The highest BCUT2D eigenvalue weighted by Gasteiger charge is 2.23. The Bertz CT molecular complexity index is 1610. The second kappa shape index (κ2) is 10.6. The first-order valence-corrected chi connectivity index (χ1v) is 12.3. The highest BCUT2D eigenvalue weighted by atomic mass is 16.5. The summed E-state index contributed by atoms with van der Waals surface area (Å²) in [7, 11) is 3.59. The molecule has 0 aliphatic rings. The topological polar surface area (TPSA) is 97.0 Å². The minimum absolute atomic E-state index is 0.00538. The molecule has 5 rings (SSSR count). The lowest BCUT2D eigenvalue weighted by molar-refractivity contribution is -0.671. The van der Waals surface area contributed by atoms with E-state index in [0.29, 0.717) is 23.6 Å². The zero-order valence-corrected chi connectivity index (χ0v) is 21.4. The number of amidine groups is 1. The third-order valence-corrected chi connectivity index (χ3v) is 6.68. The van der Waals surface area contributed by atoms with Gasteiger partial charge in [0.1, 0.15) is 24.3 Å². The average molecular weight is 505 g/mol. The molecule has 2 heterocycles. The number of nitrogens with one attached hydrogen (secondary N) is 2. The summed E-state index contributed by atoms with van der Waals surface area (Å²) in [6.45, 7) is 0.428. The number of aromatic nitrogens is 2. The fraction of sp³-hybridized carbons (Fsp3) is 0.129. The number of ether oxygens (including phenoxy) is 1. The van der Waals surface area contributed by atoms with Crippen LogP contribution in [0.2, 0.25) is 0 Å². The summed E-state index contributed by atoms with van der Waals surface area (Å²) < 4.78 is 9.57. The van der Waals surface area contributed by atoms with Crippen LogP contribution in [0.15, 0.2) is 103 Å². The van der Waals surface area contributed by atoms with Gasteiger partial charge in [0.15, 0.2) is 12.4 Å². The van der Waals surface area contributed by atoms with Gasteiger partial charge < -0.3 is 20.4 Å². The number of amides is 1. The third-order valence-electron chi connectivity index (χ3n) is 6.68. The summed E-state index contributed by atoms with van der Waals surface area (Å²) in [5.41, 5.74) is 10.7. The number of nitrogen functional groups attached to an aromatic ring is 1. The maximum atomic E-state index is 14.0. The molecule has 1 amide bonds. The normalized spacial score (nSPS) is 11.7. The predicted octanol–water partition coefficient (Wildman–Crippen LogP) is 4.33. The van der Waals surface area contributed by atoms with Gasteiger partial charge in [-0.2, -0.15) is 0 Å². The molecule has 4 N–H and O–H groups in total. The smallest absolute Gasteiger partial charge is 0.268 e. The summed E-state index contributed by atoms with van der Waals surface area (Å²) in [5.74, 6) is 0.502. The number of fused-ring (bicyclic) bond motifs is 1. The molecule has 0 spiro atoms. The molecule has 1 unspecified atom stereocenters. The molecule has 38 heavy (non-hydrogen) atoms. The number of methoxy groups -OCH3 is 1. The number of nitrogens with two attached hydrogens (primary N) is 1. The van der Waals surface area contributed by atoms with E-state index in [9.17, 15) is 4.79 Å².